The molecule has 1 N–H and O–H groups in total. The Bertz CT molecular complexity index is 493. The second-order valence-electron chi connectivity index (χ2n) is 6.38. The third-order valence-corrected chi connectivity index (χ3v) is 5.00. The predicted octanol–water partition coefficient (Wildman–Crippen LogP) is 3.56. The molecule has 0 atom stereocenters. The van der Waals surface area contributed by atoms with Gasteiger partial charge in [-0.15, -0.1) is 0 Å². The van der Waals surface area contributed by atoms with Gasteiger partial charge in [-0.3, -0.25) is 4.79 Å². The first-order valence-corrected chi connectivity index (χ1v) is 8.35. The van der Waals surface area contributed by atoms with Crippen LogP contribution >= 0.6 is 22.6 Å². The molecule has 0 unspecified atom stereocenters. The van der Waals surface area contributed by atoms with E-state index in [2.05, 4.69) is 48.1 Å². The number of amides is 1. The van der Waals surface area contributed by atoms with Crippen LogP contribution in [0.15, 0.2) is 18.2 Å². The van der Waals surface area contributed by atoms with Crippen molar-refractivity contribution in [3.8, 4) is 0 Å². The highest BCUT2D eigenvalue weighted by atomic mass is 127. The molecule has 0 saturated heterocycles. The number of hydrogen-bond donors (Lipinski definition) is 1. The average Bonchev–Trinajstić information content (AvgIpc) is 2.86. The van der Waals surface area contributed by atoms with Gasteiger partial charge in [-0.2, -0.15) is 0 Å². The minimum atomic E-state index is 0.117. The molecule has 0 bridgehead atoms. The number of anilines is 1. The van der Waals surface area contributed by atoms with Gasteiger partial charge in [-0.25, -0.2) is 0 Å². The van der Waals surface area contributed by atoms with Crippen molar-refractivity contribution < 1.29 is 9.28 Å². The average molecular weight is 387 g/mol. The van der Waals surface area contributed by atoms with Crippen LogP contribution in [0.2, 0.25) is 0 Å². The molecule has 110 valence electrons. The van der Waals surface area contributed by atoms with Crippen LogP contribution in [0.4, 0.5) is 5.69 Å². The molecule has 0 radical (unpaired) electrons. The largest absolute Gasteiger partial charge is 0.321 e. The standard InChI is InChI=1S/C16H23IN2O/c1-12-10-13(17)8-9-15(12)18-16(20)11-19(2,3)14-6-4-5-7-14/h8-10,14H,4-7,11H2,1-3H3/p+1. The van der Waals surface area contributed by atoms with Crippen LogP contribution in [0, 0.1) is 10.5 Å². The lowest BCUT2D eigenvalue weighted by atomic mass is 10.1. The zero-order valence-electron chi connectivity index (χ0n) is 12.6. The molecule has 3 nitrogen and oxygen atoms in total. The Kier molecular flexibility index (Phi) is 5.07. The third-order valence-electron chi connectivity index (χ3n) is 4.33. The maximum atomic E-state index is 12.3. The second kappa shape index (κ2) is 6.43. The highest BCUT2D eigenvalue weighted by Crippen LogP contribution is 2.26. The number of halogens is 1. The lowest BCUT2D eigenvalue weighted by molar-refractivity contribution is -0.906. The topological polar surface area (TPSA) is 29.1 Å². The van der Waals surface area contributed by atoms with Crippen LogP contribution in [0.25, 0.3) is 0 Å². The molecule has 0 aliphatic heterocycles. The molecule has 1 aromatic rings. The maximum absolute atomic E-state index is 12.3. The van der Waals surface area contributed by atoms with Gasteiger partial charge in [0, 0.05) is 9.26 Å². The van der Waals surface area contributed by atoms with E-state index in [1.165, 1.54) is 29.3 Å². The van der Waals surface area contributed by atoms with Gasteiger partial charge in [0.15, 0.2) is 6.54 Å². The Hall–Kier alpha value is -0.620. The summed E-state index contributed by atoms with van der Waals surface area (Å²) in [7, 11) is 4.35. The van der Waals surface area contributed by atoms with Crippen molar-refractivity contribution >= 4 is 34.2 Å². The number of carbonyl (C=O) groups is 1. The van der Waals surface area contributed by atoms with E-state index in [1.54, 1.807) is 0 Å². The number of carbonyl (C=O) groups excluding carboxylic acids is 1. The van der Waals surface area contributed by atoms with E-state index in [0.717, 1.165) is 15.7 Å². The molecular formula is C16H24IN2O+. The van der Waals surface area contributed by atoms with Crippen molar-refractivity contribution in [2.75, 3.05) is 26.0 Å². The highest BCUT2D eigenvalue weighted by Gasteiger charge is 2.33. The quantitative estimate of drug-likeness (QED) is 0.621. The third kappa shape index (κ3) is 3.95. The Labute approximate surface area is 135 Å². The zero-order valence-corrected chi connectivity index (χ0v) is 14.7. The number of benzene rings is 1. The summed E-state index contributed by atoms with van der Waals surface area (Å²) in [5.41, 5.74) is 2.05. The first-order valence-electron chi connectivity index (χ1n) is 7.27. The van der Waals surface area contributed by atoms with Gasteiger partial charge in [0.05, 0.1) is 20.1 Å². The molecule has 0 spiro atoms. The Morgan fingerprint density at radius 3 is 2.60 bits per heavy atom. The maximum Gasteiger partial charge on any atom is 0.279 e. The first-order chi connectivity index (χ1) is 9.38. The normalized spacial score (nSPS) is 16.4. The number of rotatable bonds is 4. The van der Waals surface area contributed by atoms with E-state index in [1.807, 2.05) is 19.1 Å². The van der Waals surface area contributed by atoms with E-state index in [0.29, 0.717) is 12.6 Å². The highest BCUT2D eigenvalue weighted by molar-refractivity contribution is 14.1. The minimum Gasteiger partial charge on any atom is -0.321 e. The summed E-state index contributed by atoms with van der Waals surface area (Å²) in [6.07, 6.45) is 5.13. The monoisotopic (exact) mass is 387 g/mol. The van der Waals surface area contributed by atoms with E-state index < -0.39 is 0 Å². The van der Waals surface area contributed by atoms with Crippen LogP contribution < -0.4 is 5.32 Å². The summed E-state index contributed by atoms with van der Waals surface area (Å²) in [6, 6.07) is 6.75. The van der Waals surface area contributed by atoms with Gasteiger partial charge in [-0.05, 0) is 79.0 Å². The summed E-state index contributed by atoms with van der Waals surface area (Å²) in [4.78, 5) is 12.3. The van der Waals surface area contributed by atoms with Gasteiger partial charge >= 0.3 is 0 Å². The molecule has 1 fully saturated rings. The van der Waals surface area contributed by atoms with Crippen LogP contribution in [-0.4, -0.2) is 37.1 Å². The van der Waals surface area contributed by atoms with E-state index >= 15 is 0 Å². The summed E-state index contributed by atoms with van der Waals surface area (Å²) in [5.74, 6) is 0.117. The molecule has 1 saturated carbocycles. The van der Waals surface area contributed by atoms with E-state index in [-0.39, 0.29) is 5.91 Å². The number of quaternary nitrogens is 1. The number of likely N-dealkylation sites (N-methyl/N-ethyl adjacent to an activating group) is 1. The molecule has 1 aromatic carbocycles. The van der Waals surface area contributed by atoms with Crippen molar-refractivity contribution in [2.24, 2.45) is 0 Å². The first kappa shape index (κ1) is 15.8. The van der Waals surface area contributed by atoms with Gasteiger partial charge < -0.3 is 9.80 Å². The van der Waals surface area contributed by atoms with Crippen LogP contribution in [0.3, 0.4) is 0 Å². The summed E-state index contributed by atoms with van der Waals surface area (Å²) >= 11 is 2.29. The number of aryl methyl sites for hydroxylation is 1. The van der Waals surface area contributed by atoms with Crippen molar-refractivity contribution in [1.29, 1.82) is 0 Å². The predicted molar refractivity (Wildman–Crippen MR) is 91.8 cm³/mol. The van der Waals surface area contributed by atoms with Crippen LogP contribution in [0.1, 0.15) is 31.2 Å². The number of nitrogens with zero attached hydrogens (tertiary/aromatic N) is 1. The molecule has 20 heavy (non-hydrogen) atoms. The molecule has 4 heteroatoms. The van der Waals surface area contributed by atoms with E-state index in [9.17, 15) is 4.79 Å². The van der Waals surface area contributed by atoms with Crippen molar-refractivity contribution in [1.82, 2.24) is 0 Å². The molecular weight excluding hydrogens is 363 g/mol. The van der Waals surface area contributed by atoms with Gasteiger partial charge in [0.25, 0.3) is 5.91 Å². The summed E-state index contributed by atoms with van der Waals surface area (Å²) in [5, 5.41) is 3.06. The SMILES string of the molecule is Cc1cc(I)ccc1NC(=O)C[N+](C)(C)C1CCCC1. The summed E-state index contributed by atoms with van der Waals surface area (Å²) in [6.45, 7) is 2.59. The van der Waals surface area contributed by atoms with Crippen LogP contribution in [-0.2, 0) is 4.79 Å². The zero-order chi connectivity index (χ0) is 14.8. The van der Waals surface area contributed by atoms with Gasteiger partial charge in [-0.1, -0.05) is 0 Å². The van der Waals surface area contributed by atoms with Crippen LogP contribution in [0.5, 0.6) is 0 Å². The number of hydrogen-bond acceptors (Lipinski definition) is 1. The minimum absolute atomic E-state index is 0.117. The Balaban J connectivity index is 1.98. The molecule has 2 rings (SSSR count). The number of nitrogens with one attached hydrogen (secondary N) is 1. The summed E-state index contributed by atoms with van der Waals surface area (Å²) < 4.78 is 2.00. The van der Waals surface area contributed by atoms with Crippen molar-refractivity contribution in [3.05, 3.63) is 27.3 Å². The molecule has 0 heterocycles. The van der Waals surface area contributed by atoms with Crippen molar-refractivity contribution in [2.45, 2.75) is 38.6 Å². The fourth-order valence-corrected chi connectivity index (χ4v) is 3.71. The fraction of sp³-hybridized carbons (Fsp3) is 0.562. The molecule has 1 aliphatic rings. The molecule has 0 aromatic heterocycles. The lowest BCUT2D eigenvalue weighted by Crippen LogP contribution is -2.51. The van der Waals surface area contributed by atoms with E-state index in [4.69, 9.17) is 0 Å². The lowest BCUT2D eigenvalue weighted by Gasteiger charge is -2.35. The second-order valence-corrected chi connectivity index (χ2v) is 7.63. The Morgan fingerprint density at radius 1 is 1.35 bits per heavy atom. The molecule has 1 amide bonds. The van der Waals surface area contributed by atoms with Crippen molar-refractivity contribution in [3.63, 3.8) is 0 Å². The Morgan fingerprint density at radius 2 is 2.00 bits per heavy atom. The van der Waals surface area contributed by atoms with Gasteiger partial charge in [0.1, 0.15) is 0 Å². The van der Waals surface area contributed by atoms with Gasteiger partial charge in [0.2, 0.25) is 0 Å². The smallest absolute Gasteiger partial charge is 0.279 e. The molecule has 1 aliphatic carbocycles. The fourth-order valence-electron chi connectivity index (χ4n) is 3.06.